The molecule has 0 saturated carbocycles. The fraction of sp³-hybridized carbons (Fsp3) is 0.533. The van der Waals surface area contributed by atoms with Crippen molar-refractivity contribution in [1.29, 1.82) is 0 Å². The van der Waals surface area contributed by atoms with Gasteiger partial charge in [-0.05, 0) is 37.5 Å². The number of benzene rings is 1. The minimum Gasteiger partial charge on any atom is -0.376 e. The van der Waals surface area contributed by atoms with E-state index >= 15 is 0 Å². The van der Waals surface area contributed by atoms with Crippen LogP contribution in [0.1, 0.15) is 26.2 Å². The Bertz CT molecular complexity index is 696. The molecule has 1 fully saturated rings. The lowest BCUT2D eigenvalue weighted by Crippen LogP contribution is -2.45. The topological polar surface area (TPSA) is 102 Å². The van der Waals surface area contributed by atoms with E-state index in [2.05, 4.69) is 5.32 Å². The van der Waals surface area contributed by atoms with Crippen LogP contribution in [0.25, 0.3) is 0 Å². The number of nitrogens with two attached hydrogens (primary N) is 1. The first-order valence-electron chi connectivity index (χ1n) is 7.81. The van der Waals surface area contributed by atoms with Crippen LogP contribution in [0.5, 0.6) is 0 Å². The first-order chi connectivity index (χ1) is 11.3. The van der Waals surface area contributed by atoms with E-state index in [-0.39, 0.29) is 27.7 Å². The highest BCUT2D eigenvalue weighted by Gasteiger charge is 2.24. The number of carbonyl (C=O) groups is 1. The summed E-state index contributed by atoms with van der Waals surface area (Å²) in [5.41, 5.74) is 0.213. The van der Waals surface area contributed by atoms with Gasteiger partial charge < -0.3 is 15.0 Å². The van der Waals surface area contributed by atoms with Crippen LogP contribution in [0.4, 0.5) is 10.5 Å². The number of anilines is 1. The van der Waals surface area contributed by atoms with Gasteiger partial charge in [-0.25, -0.2) is 18.4 Å². The van der Waals surface area contributed by atoms with Gasteiger partial charge in [0.15, 0.2) is 0 Å². The van der Waals surface area contributed by atoms with E-state index in [1.807, 2.05) is 6.92 Å². The zero-order valence-electron chi connectivity index (χ0n) is 13.5. The molecule has 24 heavy (non-hydrogen) atoms. The van der Waals surface area contributed by atoms with Crippen LogP contribution in [0, 0.1) is 0 Å². The Morgan fingerprint density at radius 2 is 2.25 bits per heavy atom. The van der Waals surface area contributed by atoms with Crippen molar-refractivity contribution in [2.24, 2.45) is 5.14 Å². The van der Waals surface area contributed by atoms with Gasteiger partial charge in [0, 0.05) is 19.7 Å². The van der Waals surface area contributed by atoms with E-state index in [0.29, 0.717) is 19.7 Å². The van der Waals surface area contributed by atoms with Crippen molar-refractivity contribution >= 4 is 33.3 Å². The summed E-state index contributed by atoms with van der Waals surface area (Å²) in [4.78, 5) is 14.0. The number of nitrogens with one attached hydrogen (secondary N) is 1. The number of nitrogens with zero attached hydrogens (tertiary/aromatic N) is 1. The summed E-state index contributed by atoms with van der Waals surface area (Å²) in [6, 6.07) is 3.60. The third-order valence-electron chi connectivity index (χ3n) is 3.73. The monoisotopic (exact) mass is 375 g/mol. The molecule has 3 N–H and O–H groups in total. The molecule has 1 aliphatic rings. The van der Waals surface area contributed by atoms with Crippen LogP contribution < -0.4 is 10.5 Å². The minimum absolute atomic E-state index is 0.0238. The van der Waals surface area contributed by atoms with Crippen LogP contribution in [0.15, 0.2) is 23.1 Å². The van der Waals surface area contributed by atoms with Crippen molar-refractivity contribution in [3.63, 3.8) is 0 Å². The predicted octanol–water partition coefficient (Wildman–Crippen LogP) is 2.41. The molecule has 0 aliphatic carbocycles. The molecule has 0 bridgehead atoms. The molecule has 0 unspecified atom stereocenters. The molecule has 0 aromatic heterocycles. The predicted molar refractivity (Wildman–Crippen MR) is 92.7 cm³/mol. The van der Waals surface area contributed by atoms with Gasteiger partial charge in [-0.1, -0.05) is 18.5 Å². The molecule has 1 atom stereocenters. The van der Waals surface area contributed by atoms with E-state index in [4.69, 9.17) is 21.5 Å². The zero-order valence-corrected chi connectivity index (χ0v) is 15.1. The lowest BCUT2D eigenvalue weighted by atomic mass is 10.1. The molecule has 1 aromatic rings. The molecular formula is C15H22ClN3O4S. The maximum atomic E-state index is 12.4. The van der Waals surface area contributed by atoms with Gasteiger partial charge in [-0.3, -0.25) is 0 Å². The Morgan fingerprint density at radius 1 is 1.50 bits per heavy atom. The first kappa shape index (κ1) is 19.0. The Balaban J connectivity index is 2.06. The molecule has 2 amide bonds. The highest BCUT2D eigenvalue weighted by atomic mass is 35.5. The molecule has 7 nitrogen and oxygen atoms in total. The molecule has 9 heteroatoms. The summed E-state index contributed by atoms with van der Waals surface area (Å²) < 4.78 is 28.6. The Kier molecular flexibility index (Phi) is 6.45. The van der Waals surface area contributed by atoms with Crippen LogP contribution in [-0.2, 0) is 14.8 Å². The summed E-state index contributed by atoms with van der Waals surface area (Å²) >= 11 is 6.03. The highest BCUT2D eigenvalue weighted by molar-refractivity contribution is 7.89. The second kappa shape index (κ2) is 8.15. The van der Waals surface area contributed by atoms with Crippen molar-refractivity contribution in [3.8, 4) is 0 Å². The second-order valence-corrected chi connectivity index (χ2v) is 7.67. The van der Waals surface area contributed by atoms with E-state index in [9.17, 15) is 13.2 Å². The number of primary sulfonamides is 1. The quantitative estimate of drug-likeness (QED) is 0.824. The standard InChI is InChI=1S/C15H22ClN3O4S/c1-2-8-23-11-4-3-7-19(10-11)15(20)18-14-9-12(24(17,21)22)5-6-13(14)16/h5-6,9,11H,2-4,7-8,10H2,1H3,(H,18,20)(H2,17,21,22)/t11-/m1/s1. The molecule has 0 radical (unpaired) electrons. The number of hydrogen-bond acceptors (Lipinski definition) is 4. The van der Waals surface area contributed by atoms with E-state index in [1.54, 1.807) is 4.90 Å². The number of hydrogen-bond donors (Lipinski definition) is 2. The molecule has 1 saturated heterocycles. The lowest BCUT2D eigenvalue weighted by Gasteiger charge is -2.32. The van der Waals surface area contributed by atoms with Crippen LogP contribution in [0.3, 0.4) is 0 Å². The summed E-state index contributed by atoms with van der Waals surface area (Å²) in [5.74, 6) is 0. The van der Waals surface area contributed by atoms with Crippen LogP contribution in [-0.4, -0.2) is 45.1 Å². The number of sulfonamides is 1. The number of carbonyl (C=O) groups excluding carboxylic acids is 1. The SMILES string of the molecule is CCCO[C@@H]1CCCN(C(=O)Nc2cc(S(N)(=O)=O)ccc2Cl)C1. The van der Waals surface area contributed by atoms with Gasteiger partial charge in [0.25, 0.3) is 0 Å². The smallest absolute Gasteiger partial charge is 0.321 e. The van der Waals surface area contributed by atoms with Crippen molar-refractivity contribution < 1.29 is 17.9 Å². The van der Waals surface area contributed by atoms with Gasteiger partial charge in [0.2, 0.25) is 10.0 Å². The largest absolute Gasteiger partial charge is 0.376 e. The van der Waals surface area contributed by atoms with Crippen LogP contribution >= 0.6 is 11.6 Å². The first-order valence-corrected chi connectivity index (χ1v) is 9.73. The molecule has 0 spiro atoms. The lowest BCUT2D eigenvalue weighted by molar-refractivity contribution is 0.0115. The van der Waals surface area contributed by atoms with E-state index in [1.165, 1.54) is 18.2 Å². The summed E-state index contributed by atoms with van der Waals surface area (Å²) in [6.45, 7) is 3.82. The summed E-state index contributed by atoms with van der Waals surface area (Å²) in [5, 5.41) is 7.99. The van der Waals surface area contributed by atoms with Gasteiger partial charge in [0.05, 0.1) is 21.7 Å². The fourth-order valence-electron chi connectivity index (χ4n) is 2.51. The van der Waals surface area contributed by atoms with Crippen molar-refractivity contribution in [2.75, 3.05) is 25.0 Å². The minimum atomic E-state index is -3.87. The maximum absolute atomic E-state index is 12.4. The van der Waals surface area contributed by atoms with Crippen LogP contribution in [0.2, 0.25) is 5.02 Å². The molecule has 134 valence electrons. The third-order valence-corrected chi connectivity index (χ3v) is 4.97. The number of piperidine rings is 1. The van der Waals surface area contributed by atoms with Gasteiger partial charge in [0.1, 0.15) is 0 Å². The Hall–Kier alpha value is -1.35. The second-order valence-electron chi connectivity index (χ2n) is 5.70. The number of urea groups is 1. The summed E-state index contributed by atoms with van der Waals surface area (Å²) in [6.07, 6.45) is 2.73. The number of halogens is 1. The van der Waals surface area contributed by atoms with Gasteiger partial charge in [-0.2, -0.15) is 0 Å². The Labute approximate surface area is 147 Å². The van der Waals surface area contributed by atoms with Crippen molar-refractivity contribution in [1.82, 2.24) is 4.90 Å². The Morgan fingerprint density at radius 3 is 2.92 bits per heavy atom. The number of rotatable bonds is 5. The van der Waals surface area contributed by atoms with E-state index < -0.39 is 10.0 Å². The summed E-state index contributed by atoms with van der Waals surface area (Å²) in [7, 11) is -3.87. The third kappa shape index (κ3) is 5.07. The molecule has 2 rings (SSSR count). The average molecular weight is 376 g/mol. The molecule has 1 heterocycles. The normalized spacial score (nSPS) is 18.5. The van der Waals surface area contributed by atoms with E-state index in [0.717, 1.165) is 19.3 Å². The van der Waals surface area contributed by atoms with Gasteiger partial charge in [-0.15, -0.1) is 0 Å². The zero-order chi connectivity index (χ0) is 17.7. The number of likely N-dealkylation sites (tertiary alicyclic amines) is 1. The number of ether oxygens (including phenoxy) is 1. The highest BCUT2D eigenvalue weighted by Crippen LogP contribution is 2.25. The fourth-order valence-corrected chi connectivity index (χ4v) is 3.22. The number of amides is 2. The van der Waals surface area contributed by atoms with Crippen molar-refractivity contribution in [2.45, 2.75) is 37.2 Å². The molecule has 1 aromatic carbocycles. The average Bonchev–Trinajstić information content (AvgIpc) is 2.54. The molecular weight excluding hydrogens is 354 g/mol. The van der Waals surface area contributed by atoms with Crippen molar-refractivity contribution in [3.05, 3.63) is 23.2 Å². The molecule has 1 aliphatic heterocycles. The van der Waals surface area contributed by atoms with Gasteiger partial charge >= 0.3 is 6.03 Å². The maximum Gasteiger partial charge on any atom is 0.321 e.